The van der Waals surface area contributed by atoms with E-state index in [1.54, 1.807) is 24.3 Å². The van der Waals surface area contributed by atoms with Crippen molar-refractivity contribution in [1.29, 1.82) is 0 Å². The van der Waals surface area contributed by atoms with Crippen molar-refractivity contribution in [1.82, 2.24) is 4.98 Å². The molecule has 1 heterocycles. The molecule has 0 unspecified atom stereocenters. The van der Waals surface area contributed by atoms with Gasteiger partial charge in [-0.15, -0.1) is 0 Å². The van der Waals surface area contributed by atoms with Crippen LogP contribution in [0.1, 0.15) is 21.5 Å². The van der Waals surface area contributed by atoms with Crippen LogP contribution in [0.4, 0.5) is 11.4 Å². The molecule has 3 aromatic carbocycles. The fraction of sp³-hybridized carbons (Fsp3) is 0.0909. The highest BCUT2D eigenvalue weighted by Gasteiger charge is 2.13. The van der Waals surface area contributed by atoms with E-state index in [4.69, 9.17) is 4.42 Å². The van der Waals surface area contributed by atoms with Crippen LogP contribution in [0.3, 0.4) is 0 Å². The third kappa shape index (κ3) is 3.70. The average molecular weight is 387 g/mol. The molecular formula is C22H17N3O4. The van der Waals surface area contributed by atoms with Gasteiger partial charge < -0.3 is 9.73 Å². The van der Waals surface area contributed by atoms with E-state index >= 15 is 0 Å². The molecule has 0 atom stereocenters. The van der Waals surface area contributed by atoms with Gasteiger partial charge in [-0.25, -0.2) is 4.98 Å². The number of rotatable bonds is 4. The summed E-state index contributed by atoms with van der Waals surface area (Å²) in [6, 6.07) is 16.7. The van der Waals surface area contributed by atoms with Crippen molar-refractivity contribution in [3.8, 4) is 11.5 Å². The molecule has 7 heteroatoms. The Labute approximate surface area is 166 Å². The molecule has 1 aromatic heterocycles. The van der Waals surface area contributed by atoms with Crippen LogP contribution in [-0.4, -0.2) is 15.8 Å². The van der Waals surface area contributed by atoms with Crippen LogP contribution < -0.4 is 5.32 Å². The molecule has 29 heavy (non-hydrogen) atoms. The highest BCUT2D eigenvalue weighted by molar-refractivity contribution is 6.04. The number of fused-ring (bicyclic) bond motifs is 1. The number of oxazole rings is 1. The van der Waals surface area contributed by atoms with Crippen molar-refractivity contribution in [2.75, 3.05) is 5.32 Å². The predicted octanol–water partition coefficient (Wildman–Crippen LogP) is 5.27. The fourth-order valence-electron chi connectivity index (χ4n) is 3.16. The van der Waals surface area contributed by atoms with Crippen LogP contribution in [0.25, 0.3) is 22.6 Å². The minimum Gasteiger partial charge on any atom is -0.436 e. The first kappa shape index (κ1) is 18.4. The van der Waals surface area contributed by atoms with E-state index in [1.165, 1.54) is 24.3 Å². The van der Waals surface area contributed by atoms with Crippen molar-refractivity contribution in [2.24, 2.45) is 0 Å². The van der Waals surface area contributed by atoms with E-state index in [0.29, 0.717) is 11.6 Å². The number of benzene rings is 3. The second-order valence-electron chi connectivity index (χ2n) is 6.79. The lowest BCUT2D eigenvalue weighted by Gasteiger charge is -2.06. The predicted molar refractivity (Wildman–Crippen MR) is 110 cm³/mol. The van der Waals surface area contributed by atoms with E-state index in [9.17, 15) is 14.9 Å². The lowest BCUT2D eigenvalue weighted by atomic mass is 10.1. The molecule has 1 amide bonds. The maximum Gasteiger partial charge on any atom is 0.270 e. The lowest BCUT2D eigenvalue weighted by Crippen LogP contribution is -2.11. The van der Waals surface area contributed by atoms with Gasteiger partial charge >= 0.3 is 0 Å². The quantitative estimate of drug-likeness (QED) is 0.380. The van der Waals surface area contributed by atoms with Gasteiger partial charge in [0.05, 0.1) is 4.92 Å². The number of aryl methyl sites for hydroxylation is 2. The minimum atomic E-state index is -0.533. The minimum absolute atomic E-state index is 0.130. The summed E-state index contributed by atoms with van der Waals surface area (Å²) in [7, 11) is 0. The third-order valence-electron chi connectivity index (χ3n) is 4.53. The summed E-state index contributed by atoms with van der Waals surface area (Å²) in [5.74, 6) is 0.0830. The number of amides is 1. The monoisotopic (exact) mass is 387 g/mol. The Morgan fingerprint density at radius 1 is 1.07 bits per heavy atom. The van der Waals surface area contributed by atoms with E-state index in [-0.39, 0.29) is 11.3 Å². The molecule has 0 saturated carbocycles. The summed E-state index contributed by atoms with van der Waals surface area (Å²) in [5.41, 5.74) is 5.14. The Kier molecular flexibility index (Phi) is 4.56. The van der Waals surface area contributed by atoms with Crippen molar-refractivity contribution in [2.45, 2.75) is 13.8 Å². The highest BCUT2D eigenvalue weighted by atomic mass is 16.6. The largest absolute Gasteiger partial charge is 0.436 e. The van der Waals surface area contributed by atoms with Gasteiger partial charge in [-0.3, -0.25) is 14.9 Å². The Morgan fingerprint density at radius 3 is 2.55 bits per heavy atom. The van der Waals surface area contributed by atoms with Crippen LogP contribution in [0.2, 0.25) is 0 Å². The molecule has 4 rings (SSSR count). The van der Waals surface area contributed by atoms with Crippen LogP contribution >= 0.6 is 0 Å². The second-order valence-corrected chi connectivity index (χ2v) is 6.79. The number of anilines is 1. The molecule has 0 spiro atoms. The van der Waals surface area contributed by atoms with E-state index in [1.807, 2.05) is 26.0 Å². The number of aromatic nitrogens is 1. The van der Waals surface area contributed by atoms with Gasteiger partial charge in [0.2, 0.25) is 5.89 Å². The Balaban J connectivity index is 1.55. The van der Waals surface area contributed by atoms with E-state index < -0.39 is 10.8 Å². The van der Waals surface area contributed by atoms with Gasteiger partial charge in [0, 0.05) is 28.9 Å². The molecule has 0 saturated heterocycles. The first-order valence-electron chi connectivity index (χ1n) is 8.95. The zero-order chi connectivity index (χ0) is 20.5. The number of nitrogens with zero attached hydrogens (tertiary/aromatic N) is 2. The van der Waals surface area contributed by atoms with Crippen molar-refractivity contribution in [3.05, 3.63) is 87.5 Å². The second kappa shape index (κ2) is 7.20. The third-order valence-corrected chi connectivity index (χ3v) is 4.53. The van der Waals surface area contributed by atoms with E-state index in [2.05, 4.69) is 10.3 Å². The van der Waals surface area contributed by atoms with Crippen LogP contribution in [0.15, 0.2) is 65.1 Å². The van der Waals surface area contributed by atoms with Gasteiger partial charge in [0.15, 0.2) is 5.58 Å². The molecule has 0 radical (unpaired) electrons. The molecular weight excluding hydrogens is 370 g/mol. The summed E-state index contributed by atoms with van der Waals surface area (Å²) in [6.07, 6.45) is 0. The first-order chi connectivity index (χ1) is 13.9. The number of hydrogen-bond donors (Lipinski definition) is 1. The average Bonchev–Trinajstić information content (AvgIpc) is 3.13. The number of nitro groups is 1. The number of hydrogen-bond acceptors (Lipinski definition) is 5. The normalized spacial score (nSPS) is 10.8. The summed E-state index contributed by atoms with van der Waals surface area (Å²) < 4.78 is 5.90. The smallest absolute Gasteiger partial charge is 0.270 e. The fourth-order valence-corrected chi connectivity index (χ4v) is 3.16. The number of carbonyl (C=O) groups is 1. The lowest BCUT2D eigenvalue weighted by molar-refractivity contribution is -0.384. The van der Waals surface area contributed by atoms with Crippen molar-refractivity contribution < 1.29 is 14.1 Å². The molecule has 144 valence electrons. The molecule has 4 aromatic rings. The van der Waals surface area contributed by atoms with Crippen LogP contribution in [-0.2, 0) is 0 Å². The SMILES string of the molecule is Cc1cc(C)c2oc(-c3ccc(NC(=O)c4cccc([N+](=O)[O-])c4)cc3)nc2c1. The van der Waals surface area contributed by atoms with Gasteiger partial charge in [0.1, 0.15) is 5.52 Å². The van der Waals surface area contributed by atoms with Gasteiger partial charge in [-0.2, -0.15) is 0 Å². The molecule has 7 nitrogen and oxygen atoms in total. The van der Waals surface area contributed by atoms with Crippen molar-refractivity contribution in [3.63, 3.8) is 0 Å². The van der Waals surface area contributed by atoms with Crippen LogP contribution in [0.5, 0.6) is 0 Å². The summed E-state index contributed by atoms with van der Waals surface area (Å²) in [5, 5.41) is 13.6. The van der Waals surface area contributed by atoms with Gasteiger partial charge in [-0.1, -0.05) is 12.1 Å². The Hall–Kier alpha value is -4.00. The summed E-state index contributed by atoms with van der Waals surface area (Å²) in [4.78, 5) is 27.3. The molecule has 0 fully saturated rings. The first-order valence-corrected chi connectivity index (χ1v) is 8.95. The topological polar surface area (TPSA) is 98.3 Å². The number of carbonyl (C=O) groups excluding carboxylic acids is 1. The summed E-state index contributed by atoms with van der Waals surface area (Å²) in [6.45, 7) is 4.00. The standard InChI is InChI=1S/C22H17N3O4/c1-13-10-14(2)20-19(11-13)24-22(29-20)15-6-8-17(9-7-15)23-21(26)16-4-3-5-18(12-16)25(27)28/h3-12H,1-2H3,(H,23,26). The number of nitrogens with one attached hydrogen (secondary N) is 1. The number of non-ortho nitro benzene ring substituents is 1. The zero-order valence-corrected chi connectivity index (χ0v) is 15.8. The van der Waals surface area contributed by atoms with Gasteiger partial charge in [0.25, 0.3) is 11.6 Å². The highest BCUT2D eigenvalue weighted by Crippen LogP contribution is 2.28. The number of nitro benzene ring substituents is 1. The Morgan fingerprint density at radius 2 is 1.83 bits per heavy atom. The molecule has 0 bridgehead atoms. The molecule has 0 aliphatic carbocycles. The van der Waals surface area contributed by atoms with E-state index in [0.717, 1.165) is 27.8 Å². The molecule has 0 aliphatic rings. The van der Waals surface area contributed by atoms with Gasteiger partial charge in [-0.05, 0) is 61.4 Å². The maximum atomic E-state index is 12.4. The molecule has 0 aliphatic heterocycles. The molecule has 1 N–H and O–H groups in total. The van der Waals surface area contributed by atoms with Crippen LogP contribution in [0, 0.1) is 24.0 Å². The summed E-state index contributed by atoms with van der Waals surface area (Å²) >= 11 is 0. The maximum absolute atomic E-state index is 12.4. The Bertz CT molecular complexity index is 1240. The van der Waals surface area contributed by atoms with Crippen molar-refractivity contribution >= 4 is 28.4 Å². The zero-order valence-electron chi connectivity index (χ0n) is 15.8.